The van der Waals surface area contributed by atoms with E-state index in [4.69, 9.17) is 0 Å². The van der Waals surface area contributed by atoms with Crippen molar-refractivity contribution in [3.63, 3.8) is 0 Å². The predicted molar refractivity (Wildman–Crippen MR) is 46.7 cm³/mol. The van der Waals surface area contributed by atoms with Crippen LogP contribution < -0.4 is 0 Å². The number of hydrogen-bond donors (Lipinski definition) is 1. The second-order valence-corrected chi connectivity index (χ2v) is 3.12. The summed E-state index contributed by atoms with van der Waals surface area (Å²) in [6.07, 6.45) is 2.75. The largest absolute Gasteiger partial charge is 0.288 e. The van der Waals surface area contributed by atoms with Gasteiger partial charge in [0, 0.05) is 6.42 Å². The molecule has 0 aromatic carbocycles. The van der Waals surface area contributed by atoms with Crippen LogP contribution in [0.25, 0.3) is 0 Å². The van der Waals surface area contributed by atoms with Gasteiger partial charge in [-0.25, -0.2) is 0 Å². The van der Waals surface area contributed by atoms with Gasteiger partial charge in [0.15, 0.2) is 5.12 Å². The highest BCUT2D eigenvalue weighted by atomic mass is 127. The Morgan fingerprint density at radius 1 is 1.50 bits per heavy atom. The van der Waals surface area contributed by atoms with Gasteiger partial charge in [0.25, 0.3) is 0 Å². The number of rotatable bonds is 4. The quantitative estimate of drug-likeness (QED) is 0.346. The van der Waals surface area contributed by atoms with Crippen molar-refractivity contribution < 1.29 is 4.79 Å². The predicted octanol–water partition coefficient (Wildman–Crippen LogP) is 2.05. The zero-order valence-electron chi connectivity index (χ0n) is 4.56. The SMILES string of the molecule is O=C(S)CCCCI. The smallest absolute Gasteiger partial charge is 0.185 e. The summed E-state index contributed by atoms with van der Waals surface area (Å²) in [6, 6.07) is 0. The fourth-order valence-corrected chi connectivity index (χ4v) is 1.07. The number of carbonyl (C=O) groups excluding carboxylic acids is 1. The molecule has 0 aliphatic rings. The minimum atomic E-state index is 0.00912. The minimum absolute atomic E-state index is 0.00912. The van der Waals surface area contributed by atoms with Gasteiger partial charge >= 0.3 is 0 Å². The maximum atomic E-state index is 10.2. The number of halogens is 1. The molecule has 0 aliphatic heterocycles. The molecule has 0 rings (SSSR count). The molecule has 0 aromatic rings. The van der Waals surface area contributed by atoms with Crippen molar-refractivity contribution in [2.45, 2.75) is 19.3 Å². The molecule has 3 heteroatoms. The van der Waals surface area contributed by atoms with Gasteiger partial charge in [-0.15, -0.1) is 12.6 Å². The molecule has 48 valence electrons. The van der Waals surface area contributed by atoms with Crippen LogP contribution in [-0.4, -0.2) is 9.54 Å². The van der Waals surface area contributed by atoms with Crippen LogP contribution in [-0.2, 0) is 4.79 Å². The van der Waals surface area contributed by atoms with Crippen LogP contribution >= 0.6 is 35.2 Å². The maximum Gasteiger partial charge on any atom is 0.185 e. The van der Waals surface area contributed by atoms with Crippen molar-refractivity contribution >= 4 is 40.3 Å². The van der Waals surface area contributed by atoms with E-state index in [9.17, 15) is 4.79 Å². The Labute approximate surface area is 68.8 Å². The van der Waals surface area contributed by atoms with Crippen LogP contribution in [0.2, 0.25) is 0 Å². The molecule has 0 atom stereocenters. The van der Waals surface area contributed by atoms with Gasteiger partial charge in [0.05, 0.1) is 0 Å². The van der Waals surface area contributed by atoms with E-state index in [0.717, 1.165) is 17.3 Å². The minimum Gasteiger partial charge on any atom is -0.288 e. The first-order valence-electron chi connectivity index (χ1n) is 2.55. The Bertz CT molecular complexity index is 74.8. The van der Waals surface area contributed by atoms with Gasteiger partial charge in [-0.05, 0) is 17.3 Å². The molecule has 0 spiro atoms. The Balaban J connectivity index is 2.82. The highest BCUT2D eigenvalue weighted by Crippen LogP contribution is 2.00. The molecular formula is C5H9IOS. The number of hydrogen-bond acceptors (Lipinski definition) is 1. The Morgan fingerprint density at radius 2 is 2.12 bits per heavy atom. The van der Waals surface area contributed by atoms with Crippen molar-refractivity contribution in [2.24, 2.45) is 0 Å². The van der Waals surface area contributed by atoms with Gasteiger partial charge in [-0.3, -0.25) is 4.79 Å². The van der Waals surface area contributed by atoms with E-state index >= 15 is 0 Å². The summed E-state index contributed by atoms with van der Waals surface area (Å²) in [4.78, 5) is 10.2. The lowest BCUT2D eigenvalue weighted by atomic mass is 10.3. The summed E-state index contributed by atoms with van der Waals surface area (Å²) in [7, 11) is 0. The number of carbonyl (C=O) groups is 1. The molecule has 0 aromatic heterocycles. The molecule has 0 N–H and O–H groups in total. The third-order valence-corrected chi connectivity index (χ3v) is 1.76. The van der Waals surface area contributed by atoms with Crippen LogP contribution in [0, 0.1) is 0 Å². The van der Waals surface area contributed by atoms with Crippen LogP contribution in [0.4, 0.5) is 0 Å². The van der Waals surface area contributed by atoms with E-state index in [1.165, 1.54) is 0 Å². The molecule has 0 saturated carbocycles. The molecule has 0 bridgehead atoms. The first-order valence-corrected chi connectivity index (χ1v) is 4.52. The third kappa shape index (κ3) is 6.75. The topological polar surface area (TPSA) is 17.1 Å². The first-order chi connectivity index (χ1) is 3.77. The van der Waals surface area contributed by atoms with Crippen molar-refractivity contribution in [1.82, 2.24) is 0 Å². The lowest BCUT2D eigenvalue weighted by molar-refractivity contribution is -0.110. The van der Waals surface area contributed by atoms with Gasteiger partial charge < -0.3 is 0 Å². The van der Waals surface area contributed by atoms with Crippen LogP contribution in [0.5, 0.6) is 0 Å². The molecule has 0 amide bonds. The molecule has 0 aliphatic carbocycles. The summed E-state index contributed by atoms with van der Waals surface area (Å²) < 4.78 is 1.14. The van der Waals surface area contributed by atoms with Gasteiger partial charge in [-0.2, -0.15) is 0 Å². The number of unbranched alkanes of at least 4 members (excludes halogenated alkanes) is 1. The molecular weight excluding hydrogens is 235 g/mol. The fourth-order valence-electron chi connectivity index (χ4n) is 0.371. The first kappa shape index (κ1) is 8.75. The summed E-state index contributed by atoms with van der Waals surface area (Å²) in [5, 5.41) is 0.00912. The monoisotopic (exact) mass is 244 g/mol. The fraction of sp³-hybridized carbons (Fsp3) is 0.800. The van der Waals surface area contributed by atoms with Gasteiger partial charge in [-0.1, -0.05) is 22.6 Å². The van der Waals surface area contributed by atoms with E-state index in [1.54, 1.807) is 0 Å². The number of thiol groups is 1. The van der Waals surface area contributed by atoms with Crippen molar-refractivity contribution in [2.75, 3.05) is 4.43 Å². The normalized spacial score (nSPS) is 9.25. The number of alkyl halides is 1. The standard InChI is InChI=1S/C5H9IOS/c6-4-2-1-3-5(7)8/h1-4H2,(H,7,8). The van der Waals surface area contributed by atoms with Crippen LogP contribution in [0.15, 0.2) is 0 Å². The summed E-state index contributed by atoms with van der Waals surface area (Å²) in [5.74, 6) is 0. The highest BCUT2D eigenvalue weighted by Gasteiger charge is 1.91. The third-order valence-electron chi connectivity index (χ3n) is 0.774. The van der Waals surface area contributed by atoms with Gasteiger partial charge in [0.2, 0.25) is 0 Å². The highest BCUT2D eigenvalue weighted by molar-refractivity contribution is 14.1. The average molecular weight is 244 g/mol. The molecule has 0 saturated heterocycles. The molecule has 1 nitrogen and oxygen atoms in total. The summed E-state index contributed by atoms with van der Waals surface area (Å²) in [6.45, 7) is 0. The Hall–Kier alpha value is 0.750. The molecule has 0 fully saturated rings. The van der Waals surface area contributed by atoms with Crippen LogP contribution in [0.1, 0.15) is 19.3 Å². The van der Waals surface area contributed by atoms with E-state index in [2.05, 4.69) is 35.2 Å². The summed E-state index contributed by atoms with van der Waals surface area (Å²) in [5.41, 5.74) is 0. The van der Waals surface area contributed by atoms with Crippen molar-refractivity contribution in [1.29, 1.82) is 0 Å². The van der Waals surface area contributed by atoms with E-state index in [0.29, 0.717) is 6.42 Å². The Morgan fingerprint density at radius 3 is 2.50 bits per heavy atom. The lowest BCUT2D eigenvalue weighted by Gasteiger charge is -1.89. The van der Waals surface area contributed by atoms with Gasteiger partial charge in [0.1, 0.15) is 0 Å². The molecule has 8 heavy (non-hydrogen) atoms. The molecule has 0 radical (unpaired) electrons. The summed E-state index contributed by atoms with van der Waals surface area (Å²) >= 11 is 5.93. The molecule has 0 heterocycles. The lowest BCUT2D eigenvalue weighted by Crippen LogP contribution is -1.85. The second-order valence-electron chi connectivity index (χ2n) is 1.54. The molecule has 0 unspecified atom stereocenters. The van der Waals surface area contributed by atoms with Crippen molar-refractivity contribution in [3.8, 4) is 0 Å². The second kappa shape index (κ2) is 5.88. The maximum absolute atomic E-state index is 10.2. The van der Waals surface area contributed by atoms with E-state index in [1.807, 2.05) is 0 Å². The average Bonchev–Trinajstić information content (AvgIpc) is 1.66. The van der Waals surface area contributed by atoms with E-state index < -0.39 is 0 Å². The zero-order chi connectivity index (χ0) is 6.41. The Kier molecular flexibility index (Phi) is 6.43. The van der Waals surface area contributed by atoms with Crippen molar-refractivity contribution in [3.05, 3.63) is 0 Å². The van der Waals surface area contributed by atoms with Crippen LogP contribution in [0.3, 0.4) is 0 Å². The van der Waals surface area contributed by atoms with E-state index in [-0.39, 0.29) is 5.12 Å². The zero-order valence-corrected chi connectivity index (χ0v) is 7.61.